The number of carbonyl (C=O) groups is 2. The summed E-state index contributed by atoms with van der Waals surface area (Å²) >= 11 is 0. The molecule has 1 unspecified atom stereocenters. The molecule has 5 nitrogen and oxygen atoms in total. The summed E-state index contributed by atoms with van der Waals surface area (Å²) in [4.78, 5) is 21.2. The number of carboxylic acids is 1. The Morgan fingerprint density at radius 3 is 2.69 bits per heavy atom. The zero-order chi connectivity index (χ0) is 10.0. The fourth-order valence-corrected chi connectivity index (χ4v) is 1.49. The molecule has 0 aromatic heterocycles. The molecule has 13 heavy (non-hydrogen) atoms. The molecule has 0 spiro atoms. The maximum atomic E-state index is 10.7. The number of aliphatic carboxylic acids is 1. The number of carboxylic acid groups (broad SMARTS) is 1. The van der Waals surface area contributed by atoms with Crippen LogP contribution in [0.5, 0.6) is 0 Å². The van der Waals surface area contributed by atoms with Gasteiger partial charge in [-0.3, -0.25) is 0 Å². The number of hydrogen-bond acceptors (Lipinski definition) is 2. The monoisotopic (exact) mass is 184 g/mol. The third-order valence-corrected chi connectivity index (χ3v) is 2.16. The average Bonchev–Trinajstić information content (AvgIpc) is 2.32. The summed E-state index contributed by atoms with van der Waals surface area (Å²) in [6.07, 6.45) is 1.24. The summed E-state index contributed by atoms with van der Waals surface area (Å²) in [5, 5.41) is 11.1. The first-order valence-corrected chi connectivity index (χ1v) is 4.05. The van der Waals surface area contributed by atoms with E-state index in [9.17, 15) is 9.59 Å². The molecule has 1 rings (SSSR count). The lowest BCUT2D eigenvalue weighted by Crippen LogP contribution is -2.31. The Bertz CT molecular complexity index is 283. The van der Waals surface area contributed by atoms with Crippen LogP contribution in [0.1, 0.15) is 19.8 Å². The molecular formula is C8H12N2O3. The van der Waals surface area contributed by atoms with E-state index < -0.39 is 12.0 Å². The number of carbonyl (C=O) groups excluding carboxylic acids is 1. The summed E-state index contributed by atoms with van der Waals surface area (Å²) in [6.45, 7) is 1.86. The molecule has 0 aromatic carbocycles. The highest BCUT2D eigenvalue weighted by Crippen LogP contribution is 2.29. The van der Waals surface area contributed by atoms with Gasteiger partial charge in [-0.2, -0.15) is 0 Å². The molecular weight excluding hydrogens is 172 g/mol. The Hall–Kier alpha value is -1.52. The first-order valence-electron chi connectivity index (χ1n) is 4.05. The van der Waals surface area contributed by atoms with Gasteiger partial charge in [0.1, 0.15) is 0 Å². The van der Waals surface area contributed by atoms with Crippen LogP contribution in [-0.2, 0) is 4.79 Å². The highest BCUT2D eigenvalue weighted by molar-refractivity contribution is 5.89. The fraction of sp³-hybridized carbons (Fsp3) is 0.500. The van der Waals surface area contributed by atoms with E-state index in [1.54, 1.807) is 0 Å². The number of hydrogen-bond donors (Lipinski definition) is 3. The quantitative estimate of drug-likeness (QED) is 0.580. The molecule has 1 aliphatic rings. The van der Waals surface area contributed by atoms with Crippen molar-refractivity contribution in [3.63, 3.8) is 0 Å². The molecule has 0 fully saturated rings. The average molecular weight is 184 g/mol. The lowest BCUT2D eigenvalue weighted by Gasteiger charge is -2.09. The highest BCUT2D eigenvalue weighted by atomic mass is 16.4. The number of rotatable bonds is 2. The molecule has 0 heterocycles. The molecule has 0 aromatic rings. The van der Waals surface area contributed by atoms with Crippen LogP contribution in [0, 0.1) is 5.92 Å². The van der Waals surface area contributed by atoms with Gasteiger partial charge < -0.3 is 16.2 Å². The van der Waals surface area contributed by atoms with Crippen LogP contribution in [0.15, 0.2) is 11.3 Å². The Morgan fingerprint density at radius 2 is 2.23 bits per heavy atom. The first kappa shape index (κ1) is 9.57. The second-order valence-electron chi connectivity index (χ2n) is 3.13. The van der Waals surface area contributed by atoms with Crippen molar-refractivity contribution in [2.75, 3.05) is 0 Å². The topological polar surface area (TPSA) is 92.4 Å². The Labute approximate surface area is 75.6 Å². The maximum absolute atomic E-state index is 10.7. The molecule has 72 valence electrons. The Kier molecular flexibility index (Phi) is 2.55. The minimum atomic E-state index is -0.979. The van der Waals surface area contributed by atoms with Crippen LogP contribution in [0.2, 0.25) is 0 Å². The van der Waals surface area contributed by atoms with Gasteiger partial charge in [-0.05, 0) is 18.8 Å². The third-order valence-electron chi connectivity index (χ3n) is 2.16. The number of amides is 2. The van der Waals surface area contributed by atoms with Crippen molar-refractivity contribution in [1.29, 1.82) is 0 Å². The molecule has 0 saturated carbocycles. The molecule has 1 aliphatic carbocycles. The van der Waals surface area contributed by atoms with Gasteiger partial charge in [0.05, 0.1) is 5.57 Å². The van der Waals surface area contributed by atoms with Gasteiger partial charge in [0, 0.05) is 5.70 Å². The molecule has 1 atom stereocenters. The SMILES string of the molecule is CC1CCC(C(=O)O)=C1NC(N)=O. The predicted molar refractivity (Wildman–Crippen MR) is 45.8 cm³/mol. The zero-order valence-corrected chi connectivity index (χ0v) is 7.33. The van der Waals surface area contributed by atoms with Crippen LogP contribution in [-0.4, -0.2) is 17.1 Å². The summed E-state index contributed by atoms with van der Waals surface area (Å²) in [5.41, 5.74) is 5.65. The van der Waals surface area contributed by atoms with E-state index in [1.165, 1.54) is 0 Å². The van der Waals surface area contributed by atoms with E-state index in [0.717, 1.165) is 6.42 Å². The largest absolute Gasteiger partial charge is 0.478 e. The van der Waals surface area contributed by atoms with Gasteiger partial charge in [-0.1, -0.05) is 6.92 Å². The van der Waals surface area contributed by atoms with Crippen molar-refractivity contribution in [2.24, 2.45) is 11.7 Å². The molecule has 2 amide bonds. The van der Waals surface area contributed by atoms with Crippen LogP contribution in [0.4, 0.5) is 4.79 Å². The smallest absolute Gasteiger partial charge is 0.333 e. The van der Waals surface area contributed by atoms with Gasteiger partial charge in [0.2, 0.25) is 0 Å². The number of primary amides is 1. The second-order valence-corrected chi connectivity index (χ2v) is 3.13. The van der Waals surface area contributed by atoms with Crippen LogP contribution in [0.25, 0.3) is 0 Å². The van der Waals surface area contributed by atoms with E-state index >= 15 is 0 Å². The standard InChI is InChI=1S/C8H12N2O3/c1-4-2-3-5(7(11)12)6(4)10-8(9)13/h4H,2-3H2,1H3,(H,11,12)(H3,9,10,13). The lowest BCUT2D eigenvalue weighted by atomic mass is 10.1. The van der Waals surface area contributed by atoms with Crippen molar-refractivity contribution in [3.05, 3.63) is 11.3 Å². The van der Waals surface area contributed by atoms with Crippen molar-refractivity contribution in [1.82, 2.24) is 5.32 Å². The highest BCUT2D eigenvalue weighted by Gasteiger charge is 2.26. The van der Waals surface area contributed by atoms with Crippen molar-refractivity contribution in [3.8, 4) is 0 Å². The third kappa shape index (κ3) is 1.99. The summed E-state index contributed by atoms with van der Waals surface area (Å²) < 4.78 is 0. The van der Waals surface area contributed by atoms with E-state index in [1.807, 2.05) is 6.92 Å². The van der Waals surface area contributed by atoms with E-state index in [2.05, 4.69) is 5.32 Å². The fourth-order valence-electron chi connectivity index (χ4n) is 1.49. The second kappa shape index (κ2) is 3.47. The number of allylic oxidation sites excluding steroid dienone is 1. The van der Waals surface area contributed by atoms with Gasteiger partial charge >= 0.3 is 12.0 Å². The first-order chi connectivity index (χ1) is 6.02. The molecule has 0 bridgehead atoms. The summed E-state index contributed by atoms with van der Waals surface area (Å²) in [6, 6.07) is -0.706. The lowest BCUT2D eigenvalue weighted by molar-refractivity contribution is -0.132. The minimum absolute atomic E-state index is 0.0681. The van der Waals surface area contributed by atoms with Gasteiger partial charge in [-0.15, -0.1) is 0 Å². The minimum Gasteiger partial charge on any atom is -0.478 e. The van der Waals surface area contributed by atoms with Crippen molar-refractivity contribution in [2.45, 2.75) is 19.8 Å². The Morgan fingerprint density at radius 1 is 1.62 bits per heavy atom. The van der Waals surface area contributed by atoms with Crippen LogP contribution in [0.3, 0.4) is 0 Å². The van der Waals surface area contributed by atoms with Crippen LogP contribution < -0.4 is 11.1 Å². The van der Waals surface area contributed by atoms with Crippen LogP contribution >= 0.6 is 0 Å². The number of nitrogens with two attached hydrogens (primary N) is 1. The van der Waals surface area contributed by atoms with Gasteiger partial charge in [-0.25, -0.2) is 9.59 Å². The number of nitrogens with one attached hydrogen (secondary N) is 1. The molecule has 0 saturated heterocycles. The molecule has 0 radical (unpaired) electrons. The molecule has 5 heteroatoms. The van der Waals surface area contributed by atoms with E-state index in [-0.39, 0.29) is 11.5 Å². The van der Waals surface area contributed by atoms with E-state index in [0.29, 0.717) is 12.1 Å². The van der Waals surface area contributed by atoms with Gasteiger partial charge in [0.25, 0.3) is 0 Å². The van der Waals surface area contributed by atoms with Crippen molar-refractivity contribution < 1.29 is 14.7 Å². The zero-order valence-electron chi connectivity index (χ0n) is 7.33. The predicted octanol–water partition coefficient (Wildman–Crippen LogP) is 0.423. The Balaban J connectivity index is 2.89. The molecule has 4 N–H and O–H groups in total. The normalized spacial score (nSPS) is 21.8. The number of urea groups is 1. The maximum Gasteiger partial charge on any atom is 0.333 e. The summed E-state index contributed by atoms with van der Waals surface area (Å²) in [7, 11) is 0. The summed E-state index contributed by atoms with van der Waals surface area (Å²) in [5.74, 6) is -0.910. The molecule has 0 aliphatic heterocycles. The van der Waals surface area contributed by atoms with E-state index in [4.69, 9.17) is 10.8 Å². The van der Waals surface area contributed by atoms with Crippen molar-refractivity contribution >= 4 is 12.0 Å². The van der Waals surface area contributed by atoms with Gasteiger partial charge in [0.15, 0.2) is 0 Å².